The second-order valence-corrected chi connectivity index (χ2v) is 5.44. The molecule has 1 aromatic carbocycles. The molecule has 8 nitrogen and oxygen atoms in total. The fourth-order valence-corrected chi connectivity index (χ4v) is 2.34. The lowest BCUT2D eigenvalue weighted by Crippen LogP contribution is -2.23. The maximum absolute atomic E-state index is 12.3. The van der Waals surface area contributed by atoms with E-state index in [0.29, 0.717) is 22.8 Å². The summed E-state index contributed by atoms with van der Waals surface area (Å²) in [5, 5.41) is 5.74. The number of nitrogens with zero attached hydrogens (tertiary/aromatic N) is 2. The molecule has 0 aliphatic rings. The summed E-state index contributed by atoms with van der Waals surface area (Å²) in [6, 6.07) is 11.9. The van der Waals surface area contributed by atoms with E-state index in [-0.39, 0.29) is 24.8 Å². The highest BCUT2D eigenvalue weighted by atomic mass is 16.5. The molecule has 0 aliphatic heterocycles. The molecule has 1 amide bonds. The maximum atomic E-state index is 12.3. The Hall–Kier alpha value is -3.68. The van der Waals surface area contributed by atoms with E-state index >= 15 is 0 Å². The highest BCUT2D eigenvalue weighted by Crippen LogP contribution is 2.20. The summed E-state index contributed by atoms with van der Waals surface area (Å²) in [5.41, 5.74) is 1.09. The number of amides is 1. The number of para-hydroxylation sites is 1. The van der Waals surface area contributed by atoms with Crippen LogP contribution < -0.4 is 10.6 Å². The maximum Gasteiger partial charge on any atom is 0.340 e. The van der Waals surface area contributed by atoms with Crippen LogP contribution in [0.15, 0.2) is 59.5 Å². The minimum atomic E-state index is -0.439. The van der Waals surface area contributed by atoms with Gasteiger partial charge in [-0.1, -0.05) is 12.1 Å². The van der Waals surface area contributed by atoms with E-state index in [1.54, 1.807) is 43.3 Å². The van der Waals surface area contributed by atoms with Crippen molar-refractivity contribution < 1.29 is 18.7 Å². The Labute approximate surface area is 155 Å². The number of benzene rings is 1. The van der Waals surface area contributed by atoms with Crippen LogP contribution in [-0.4, -0.2) is 28.5 Å². The van der Waals surface area contributed by atoms with Crippen LogP contribution in [-0.2, 0) is 11.3 Å². The zero-order valence-corrected chi connectivity index (χ0v) is 14.6. The van der Waals surface area contributed by atoms with E-state index < -0.39 is 5.97 Å². The average Bonchev–Trinajstić information content (AvgIpc) is 3.20. The van der Waals surface area contributed by atoms with Crippen molar-refractivity contribution in [2.24, 2.45) is 0 Å². The zero-order chi connectivity index (χ0) is 19.1. The van der Waals surface area contributed by atoms with E-state index in [1.165, 1.54) is 18.7 Å². The van der Waals surface area contributed by atoms with Crippen molar-refractivity contribution in [1.82, 2.24) is 15.3 Å². The Bertz CT molecular complexity index is 925. The molecular formula is C19H18N4O4. The van der Waals surface area contributed by atoms with Crippen LogP contribution in [0.4, 0.5) is 11.5 Å². The second-order valence-electron chi connectivity index (χ2n) is 5.44. The first kappa shape index (κ1) is 18.1. The van der Waals surface area contributed by atoms with Crippen LogP contribution in [0.25, 0.3) is 0 Å². The van der Waals surface area contributed by atoms with Gasteiger partial charge in [-0.15, -0.1) is 0 Å². The molecule has 27 heavy (non-hydrogen) atoms. The number of furan rings is 1. The van der Waals surface area contributed by atoms with Gasteiger partial charge in [-0.05, 0) is 31.2 Å². The highest BCUT2D eigenvalue weighted by Gasteiger charge is 2.14. The van der Waals surface area contributed by atoms with Crippen molar-refractivity contribution >= 4 is 23.4 Å². The van der Waals surface area contributed by atoms with Gasteiger partial charge < -0.3 is 19.8 Å². The summed E-state index contributed by atoms with van der Waals surface area (Å²) in [5.74, 6) is 0.214. The van der Waals surface area contributed by atoms with Crippen molar-refractivity contribution in [2.75, 3.05) is 11.9 Å². The first-order valence-corrected chi connectivity index (χ1v) is 8.33. The molecule has 0 aliphatic carbocycles. The van der Waals surface area contributed by atoms with E-state index in [1.807, 2.05) is 0 Å². The monoisotopic (exact) mass is 366 g/mol. The number of hydrogen-bond donors (Lipinski definition) is 2. The lowest BCUT2D eigenvalue weighted by atomic mass is 10.2. The molecule has 0 radical (unpaired) electrons. The number of hydrogen-bond acceptors (Lipinski definition) is 7. The van der Waals surface area contributed by atoms with Gasteiger partial charge in [-0.3, -0.25) is 4.79 Å². The molecule has 8 heteroatoms. The van der Waals surface area contributed by atoms with Gasteiger partial charge in [-0.2, -0.15) is 0 Å². The van der Waals surface area contributed by atoms with Gasteiger partial charge in [0.1, 0.15) is 23.6 Å². The summed E-state index contributed by atoms with van der Waals surface area (Å²) in [7, 11) is 0. The largest absolute Gasteiger partial charge is 0.467 e. The fraction of sp³-hybridized carbons (Fsp3) is 0.158. The second kappa shape index (κ2) is 8.61. The molecule has 2 aromatic heterocycles. The van der Waals surface area contributed by atoms with Gasteiger partial charge in [-0.25, -0.2) is 14.8 Å². The topological polar surface area (TPSA) is 106 Å². The number of anilines is 2. The third-order valence-electron chi connectivity index (χ3n) is 3.59. The quantitative estimate of drug-likeness (QED) is 0.619. The average molecular weight is 366 g/mol. The summed E-state index contributed by atoms with van der Waals surface area (Å²) >= 11 is 0. The summed E-state index contributed by atoms with van der Waals surface area (Å²) in [4.78, 5) is 32.4. The highest BCUT2D eigenvalue weighted by molar-refractivity contribution is 5.97. The molecule has 3 aromatic rings. The molecular weight excluding hydrogens is 348 g/mol. The molecule has 138 valence electrons. The molecule has 3 rings (SSSR count). The molecule has 0 unspecified atom stereocenters. The van der Waals surface area contributed by atoms with Crippen LogP contribution >= 0.6 is 0 Å². The van der Waals surface area contributed by atoms with Crippen molar-refractivity contribution in [1.29, 1.82) is 0 Å². The Morgan fingerprint density at radius 2 is 2.00 bits per heavy atom. The van der Waals surface area contributed by atoms with Crippen LogP contribution in [0.1, 0.15) is 33.5 Å². The number of rotatable bonds is 7. The molecule has 0 saturated carbocycles. The first-order chi connectivity index (χ1) is 13.2. The first-order valence-electron chi connectivity index (χ1n) is 8.33. The van der Waals surface area contributed by atoms with Crippen LogP contribution in [0, 0.1) is 0 Å². The SMILES string of the molecule is CCOC(=O)c1ccccc1Nc1cc(C(=O)NCc2ccco2)ncn1. The van der Waals surface area contributed by atoms with Crippen LogP contribution in [0.2, 0.25) is 0 Å². The van der Waals surface area contributed by atoms with Gasteiger partial charge in [0.05, 0.1) is 30.7 Å². The molecule has 2 heterocycles. The molecule has 2 N–H and O–H groups in total. The lowest BCUT2D eigenvalue weighted by molar-refractivity contribution is 0.0527. The van der Waals surface area contributed by atoms with E-state index in [4.69, 9.17) is 9.15 Å². The van der Waals surface area contributed by atoms with Crippen LogP contribution in [0.3, 0.4) is 0 Å². The van der Waals surface area contributed by atoms with Crippen molar-refractivity contribution in [3.8, 4) is 0 Å². The van der Waals surface area contributed by atoms with Crippen LogP contribution in [0.5, 0.6) is 0 Å². The summed E-state index contributed by atoms with van der Waals surface area (Å²) in [6.45, 7) is 2.27. The van der Waals surface area contributed by atoms with Crippen molar-refractivity contribution in [3.05, 3.63) is 72.1 Å². The predicted octanol–water partition coefficient (Wildman–Crippen LogP) is 2.92. The Kier molecular flexibility index (Phi) is 5.78. The fourth-order valence-electron chi connectivity index (χ4n) is 2.34. The lowest BCUT2D eigenvalue weighted by Gasteiger charge is -2.11. The Morgan fingerprint density at radius 3 is 2.78 bits per heavy atom. The predicted molar refractivity (Wildman–Crippen MR) is 97.6 cm³/mol. The number of carbonyl (C=O) groups is 2. The summed E-state index contributed by atoms with van der Waals surface area (Å²) < 4.78 is 10.2. The van der Waals surface area contributed by atoms with Gasteiger partial charge in [0, 0.05) is 6.07 Å². The van der Waals surface area contributed by atoms with Gasteiger partial charge in [0.15, 0.2) is 0 Å². The molecule has 0 fully saturated rings. The zero-order valence-electron chi connectivity index (χ0n) is 14.6. The number of esters is 1. The number of nitrogens with one attached hydrogen (secondary N) is 2. The van der Waals surface area contributed by atoms with Gasteiger partial charge in [0.2, 0.25) is 0 Å². The third-order valence-corrected chi connectivity index (χ3v) is 3.59. The normalized spacial score (nSPS) is 10.3. The van der Waals surface area contributed by atoms with Crippen molar-refractivity contribution in [3.63, 3.8) is 0 Å². The number of ether oxygens (including phenoxy) is 1. The minimum absolute atomic E-state index is 0.188. The molecule has 0 bridgehead atoms. The smallest absolute Gasteiger partial charge is 0.340 e. The van der Waals surface area contributed by atoms with E-state index in [2.05, 4.69) is 20.6 Å². The number of aromatic nitrogens is 2. The van der Waals surface area contributed by atoms with E-state index in [9.17, 15) is 9.59 Å². The Morgan fingerprint density at radius 1 is 1.15 bits per heavy atom. The Balaban J connectivity index is 1.73. The van der Waals surface area contributed by atoms with E-state index in [0.717, 1.165) is 0 Å². The third kappa shape index (κ3) is 4.69. The molecule has 0 atom stereocenters. The standard InChI is InChI=1S/C19H18N4O4/c1-2-26-19(25)14-7-3-4-8-15(14)23-17-10-16(21-12-22-17)18(24)20-11-13-6-5-9-27-13/h3-10,12H,2,11H2,1H3,(H,20,24)(H,21,22,23). The molecule has 0 saturated heterocycles. The summed E-state index contributed by atoms with van der Waals surface area (Å²) in [6.07, 6.45) is 2.81. The number of carbonyl (C=O) groups excluding carboxylic acids is 2. The van der Waals surface area contributed by atoms with Gasteiger partial charge in [0.25, 0.3) is 5.91 Å². The van der Waals surface area contributed by atoms with Crippen molar-refractivity contribution in [2.45, 2.75) is 13.5 Å². The van der Waals surface area contributed by atoms with Gasteiger partial charge >= 0.3 is 5.97 Å². The molecule has 0 spiro atoms. The minimum Gasteiger partial charge on any atom is -0.467 e.